The maximum Gasteiger partial charge on any atom is 0.147 e. The third kappa shape index (κ3) is 9.91. The zero-order valence-electron chi connectivity index (χ0n) is 7.62. The minimum Gasteiger partial charge on any atom is -0.396 e. The quantitative estimate of drug-likeness (QED) is 0.614. The Bertz CT molecular complexity index is 184. The predicted octanol–water partition coefficient (Wildman–Crippen LogP) is 0.974. The SMILES string of the molecule is CS(=O)(=O)CCCCCCCO. The van der Waals surface area contributed by atoms with Crippen molar-refractivity contribution in [1.82, 2.24) is 0 Å². The van der Waals surface area contributed by atoms with Crippen LogP contribution < -0.4 is 0 Å². The Balaban J connectivity index is 3.12. The fraction of sp³-hybridized carbons (Fsp3) is 1.00. The third-order valence-corrected chi connectivity index (χ3v) is 2.70. The molecule has 0 aromatic heterocycles. The van der Waals surface area contributed by atoms with Crippen LogP contribution >= 0.6 is 0 Å². The molecule has 0 rings (SSSR count). The van der Waals surface area contributed by atoms with E-state index in [1.807, 2.05) is 0 Å². The molecule has 3 nitrogen and oxygen atoms in total. The van der Waals surface area contributed by atoms with Gasteiger partial charge >= 0.3 is 0 Å². The van der Waals surface area contributed by atoms with E-state index in [1.165, 1.54) is 6.26 Å². The van der Waals surface area contributed by atoms with Gasteiger partial charge in [-0.05, 0) is 12.8 Å². The summed E-state index contributed by atoms with van der Waals surface area (Å²) in [6.07, 6.45) is 5.83. The smallest absolute Gasteiger partial charge is 0.147 e. The van der Waals surface area contributed by atoms with Crippen molar-refractivity contribution in [3.8, 4) is 0 Å². The van der Waals surface area contributed by atoms with Crippen LogP contribution in [0.3, 0.4) is 0 Å². The van der Waals surface area contributed by atoms with Crippen LogP contribution in [0.2, 0.25) is 0 Å². The molecule has 74 valence electrons. The van der Waals surface area contributed by atoms with Gasteiger partial charge in [0, 0.05) is 18.6 Å². The highest BCUT2D eigenvalue weighted by Gasteiger charge is 2.00. The number of sulfone groups is 1. The van der Waals surface area contributed by atoms with E-state index in [9.17, 15) is 8.42 Å². The van der Waals surface area contributed by atoms with E-state index in [4.69, 9.17) is 5.11 Å². The Labute approximate surface area is 74.7 Å². The van der Waals surface area contributed by atoms with Gasteiger partial charge in [0.1, 0.15) is 9.84 Å². The molecule has 0 radical (unpaired) electrons. The molecule has 0 aromatic carbocycles. The van der Waals surface area contributed by atoms with Gasteiger partial charge in [0.05, 0.1) is 0 Å². The molecular formula is C8H18O3S. The third-order valence-electron chi connectivity index (χ3n) is 1.67. The van der Waals surface area contributed by atoms with E-state index in [1.54, 1.807) is 0 Å². The predicted molar refractivity (Wildman–Crippen MR) is 49.9 cm³/mol. The normalized spacial score (nSPS) is 11.8. The molecule has 0 spiro atoms. The van der Waals surface area contributed by atoms with E-state index in [0.717, 1.165) is 32.1 Å². The molecule has 0 unspecified atom stereocenters. The minimum absolute atomic E-state index is 0.242. The van der Waals surface area contributed by atoms with Crippen molar-refractivity contribution in [2.75, 3.05) is 18.6 Å². The Morgan fingerprint density at radius 1 is 1.00 bits per heavy atom. The highest BCUT2D eigenvalue weighted by atomic mass is 32.2. The second-order valence-corrected chi connectivity index (χ2v) is 5.38. The number of hydrogen-bond donors (Lipinski definition) is 1. The number of rotatable bonds is 7. The lowest BCUT2D eigenvalue weighted by atomic mass is 10.2. The van der Waals surface area contributed by atoms with Crippen LogP contribution in [-0.2, 0) is 9.84 Å². The lowest BCUT2D eigenvalue weighted by Crippen LogP contribution is -2.02. The van der Waals surface area contributed by atoms with Crippen LogP contribution in [-0.4, -0.2) is 32.1 Å². The summed E-state index contributed by atoms with van der Waals surface area (Å²) < 4.78 is 21.4. The van der Waals surface area contributed by atoms with Gasteiger partial charge in [-0.3, -0.25) is 0 Å². The molecule has 0 aliphatic heterocycles. The molecule has 1 N–H and O–H groups in total. The van der Waals surface area contributed by atoms with Gasteiger partial charge in [-0.2, -0.15) is 0 Å². The molecular weight excluding hydrogens is 176 g/mol. The zero-order valence-corrected chi connectivity index (χ0v) is 8.44. The summed E-state index contributed by atoms with van der Waals surface area (Å²) in [6.45, 7) is 0.242. The largest absolute Gasteiger partial charge is 0.396 e. The first-order chi connectivity index (χ1) is 5.56. The first-order valence-corrected chi connectivity index (χ1v) is 6.41. The molecule has 0 fully saturated rings. The summed E-state index contributed by atoms with van der Waals surface area (Å²) in [5.74, 6) is 0.298. The molecule has 12 heavy (non-hydrogen) atoms. The maximum absolute atomic E-state index is 10.7. The van der Waals surface area contributed by atoms with Gasteiger partial charge < -0.3 is 5.11 Å². The van der Waals surface area contributed by atoms with Gasteiger partial charge in [0.2, 0.25) is 0 Å². The topological polar surface area (TPSA) is 54.4 Å². The number of aliphatic hydroxyl groups excluding tert-OH is 1. The number of aliphatic hydroxyl groups is 1. The molecule has 0 aromatic rings. The van der Waals surface area contributed by atoms with Crippen LogP contribution in [0, 0.1) is 0 Å². The summed E-state index contributed by atoms with van der Waals surface area (Å²) >= 11 is 0. The van der Waals surface area contributed by atoms with Gasteiger partial charge in [-0.25, -0.2) is 8.42 Å². The monoisotopic (exact) mass is 194 g/mol. The Morgan fingerprint density at radius 3 is 2.00 bits per heavy atom. The highest BCUT2D eigenvalue weighted by Crippen LogP contribution is 2.03. The van der Waals surface area contributed by atoms with Gasteiger partial charge in [0.15, 0.2) is 0 Å². The van der Waals surface area contributed by atoms with Crippen LogP contribution in [0.1, 0.15) is 32.1 Å². The van der Waals surface area contributed by atoms with Gasteiger partial charge in [-0.15, -0.1) is 0 Å². The first kappa shape index (κ1) is 11.9. The van der Waals surface area contributed by atoms with Crippen LogP contribution in [0.25, 0.3) is 0 Å². The average Bonchev–Trinajstić information content (AvgIpc) is 1.94. The van der Waals surface area contributed by atoms with E-state index in [0.29, 0.717) is 5.75 Å². The number of unbranched alkanes of at least 4 members (excludes halogenated alkanes) is 4. The summed E-state index contributed by atoms with van der Waals surface area (Å²) in [4.78, 5) is 0. The summed E-state index contributed by atoms with van der Waals surface area (Å²) in [6, 6.07) is 0. The van der Waals surface area contributed by atoms with Crippen molar-refractivity contribution in [2.45, 2.75) is 32.1 Å². The van der Waals surface area contributed by atoms with Gasteiger partial charge in [-0.1, -0.05) is 19.3 Å². The molecule has 0 saturated heterocycles. The second-order valence-electron chi connectivity index (χ2n) is 3.12. The van der Waals surface area contributed by atoms with Crippen molar-refractivity contribution >= 4 is 9.84 Å². The molecule has 0 heterocycles. The van der Waals surface area contributed by atoms with E-state index in [2.05, 4.69) is 0 Å². The van der Waals surface area contributed by atoms with Crippen molar-refractivity contribution in [1.29, 1.82) is 0 Å². The summed E-state index contributed by atoms with van der Waals surface area (Å²) in [5.41, 5.74) is 0. The lowest BCUT2D eigenvalue weighted by molar-refractivity contribution is 0.282. The van der Waals surface area contributed by atoms with Gasteiger partial charge in [0.25, 0.3) is 0 Å². The first-order valence-electron chi connectivity index (χ1n) is 4.35. The van der Waals surface area contributed by atoms with Crippen molar-refractivity contribution in [3.05, 3.63) is 0 Å². The van der Waals surface area contributed by atoms with Crippen molar-refractivity contribution in [2.24, 2.45) is 0 Å². The molecule has 0 aliphatic carbocycles. The molecule has 0 saturated carbocycles. The zero-order chi connectivity index (χ0) is 9.45. The lowest BCUT2D eigenvalue weighted by Gasteiger charge is -1.98. The average molecular weight is 194 g/mol. The standard InChI is InChI=1S/C8H18O3S/c1-12(10,11)8-6-4-2-3-5-7-9/h9H,2-8H2,1H3. The van der Waals surface area contributed by atoms with Crippen LogP contribution in [0.4, 0.5) is 0 Å². The van der Waals surface area contributed by atoms with Crippen molar-refractivity contribution < 1.29 is 13.5 Å². The highest BCUT2D eigenvalue weighted by molar-refractivity contribution is 7.90. The maximum atomic E-state index is 10.7. The van der Waals surface area contributed by atoms with E-state index < -0.39 is 9.84 Å². The summed E-state index contributed by atoms with van der Waals surface area (Å²) in [7, 11) is -2.77. The fourth-order valence-corrected chi connectivity index (χ4v) is 1.73. The minimum atomic E-state index is -2.77. The van der Waals surface area contributed by atoms with Crippen molar-refractivity contribution in [3.63, 3.8) is 0 Å². The Hall–Kier alpha value is -0.0900. The fourth-order valence-electron chi connectivity index (χ4n) is 1.01. The Morgan fingerprint density at radius 2 is 1.50 bits per heavy atom. The van der Waals surface area contributed by atoms with E-state index in [-0.39, 0.29) is 6.61 Å². The molecule has 4 heteroatoms. The molecule has 0 aliphatic rings. The molecule has 0 bridgehead atoms. The molecule has 0 atom stereocenters. The number of hydrogen-bond acceptors (Lipinski definition) is 3. The van der Waals surface area contributed by atoms with E-state index >= 15 is 0 Å². The van der Waals surface area contributed by atoms with Crippen LogP contribution in [0.5, 0.6) is 0 Å². The summed E-state index contributed by atoms with van der Waals surface area (Å²) in [5, 5.41) is 8.46. The second kappa shape index (κ2) is 6.43. The Kier molecular flexibility index (Phi) is 6.38. The van der Waals surface area contributed by atoms with Crippen LogP contribution in [0.15, 0.2) is 0 Å². The molecule has 0 amide bonds.